The average molecular weight is 276 g/mol. The van der Waals surface area contributed by atoms with Crippen molar-refractivity contribution in [2.24, 2.45) is 5.10 Å². The largest absolute Gasteiger partial charge is 0.463 e. The molecule has 0 atom stereocenters. The summed E-state index contributed by atoms with van der Waals surface area (Å²) in [5, 5.41) is 4.00. The maximum Gasteiger partial charge on any atom is 0.154 e. The van der Waals surface area contributed by atoms with Crippen LogP contribution in [0.25, 0.3) is 0 Å². The fourth-order valence-corrected chi connectivity index (χ4v) is 2.11. The number of furan rings is 1. The van der Waals surface area contributed by atoms with Gasteiger partial charge >= 0.3 is 0 Å². The molecule has 0 fully saturated rings. The molecule has 0 amide bonds. The molecule has 1 heterocycles. The summed E-state index contributed by atoms with van der Waals surface area (Å²) >= 11 is 6.70. The molecule has 1 aromatic heterocycles. The predicted molar refractivity (Wildman–Crippen MR) is 79.8 cm³/mol. The van der Waals surface area contributed by atoms with Crippen molar-refractivity contribution in [1.29, 1.82) is 0 Å². The number of thiocarbonyl (C=S) groups is 1. The molecule has 1 aromatic carbocycles. The molecule has 0 saturated heterocycles. The third kappa shape index (κ3) is 4.35. The van der Waals surface area contributed by atoms with E-state index in [2.05, 4.69) is 22.7 Å². The Hall–Kier alpha value is -1.59. The monoisotopic (exact) mass is 276 g/mol. The fraction of sp³-hybridized carbons (Fsp3) is 0.0769. The summed E-state index contributed by atoms with van der Waals surface area (Å²) < 4.78 is 5.75. The van der Waals surface area contributed by atoms with Crippen LogP contribution in [0, 0.1) is 0 Å². The van der Waals surface area contributed by atoms with E-state index < -0.39 is 0 Å². The zero-order chi connectivity index (χ0) is 12.6. The molecule has 92 valence electrons. The molecule has 0 aliphatic rings. The minimum atomic E-state index is 0.640. The van der Waals surface area contributed by atoms with Gasteiger partial charge in [0, 0.05) is 5.75 Å². The Morgan fingerprint density at radius 3 is 2.83 bits per heavy atom. The smallest absolute Gasteiger partial charge is 0.154 e. The molecule has 5 heteroatoms. The van der Waals surface area contributed by atoms with Gasteiger partial charge in [0.25, 0.3) is 0 Å². The fourth-order valence-electron chi connectivity index (χ4n) is 1.27. The van der Waals surface area contributed by atoms with Gasteiger partial charge in [-0.3, -0.25) is 5.43 Å². The molecule has 18 heavy (non-hydrogen) atoms. The van der Waals surface area contributed by atoms with Gasteiger partial charge in [0.2, 0.25) is 0 Å². The van der Waals surface area contributed by atoms with Gasteiger partial charge in [-0.05, 0) is 17.7 Å². The number of benzene rings is 1. The van der Waals surface area contributed by atoms with Gasteiger partial charge in [0.05, 0.1) is 12.5 Å². The number of nitrogens with one attached hydrogen (secondary N) is 1. The lowest BCUT2D eigenvalue weighted by atomic mass is 10.2. The van der Waals surface area contributed by atoms with Gasteiger partial charge in [-0.1, -0.05) is 54.3 Å². The Bertz CT molecular complexity index is 509. The second-order valence-electron chi connectivity index (χ2n) is 3.45. The van der Waals surface area contributed by atoms with Crippen LogP contribution in [-0.4, -0.2) is 10.5 Å². The lowest BCUT2D eigenvalue weighted by Gasteiger charge is -2.02. The van der Waals surface area contributed by atoms with Gasteiger partial charge < -0.3 is 4.42 Å². The van der Waals surface area contributed by atoms with Crippen molar-refractivity contribution in [2.45, 2.75) is 5.75 Å². The first-order valence-corrected chi connectivity index (χ1v) is 6.77. The van der Waals surface area contributed by atoms with Gasteiger partial charge in [0.1, 0.15) is 5.76 Å². The van der Waals surface area contributed by atoms with Crippen LogP contribution in [0.3, 0.4) is 0 Å². The van der Waals surface area contributed by atoms with Crippen LogP contribution in [0.2, 0.25) is 0 Å². The van der Waals surface area contributed by atoms with E-state index in [4.69, 9.17) is 16.6 Å². The summed E-state index contributed by atoms with van der Waals surface area (Å²) in [4.78, 5) is 0. The first kappa shape index (κ1) is 12.9. The Balaban J connectivity index is 1.73. The molecule has 0 aliphatic carbocycles. The highest BCUT2D eigenvalue weighted by Crippen LogP contribution is 2.12. The van der Waals surface area contributed by atoms with Crippen LogP contribution in [0.5, 0.6) is 0 Å². The lowest BCUT2D eigenvalue weighted by molar-refractivity contribution is 0.560. The quantitative estimate of drug-likeness (QED) is 0.527. The number of hydrogen-bond donors (Lipinski definition) is 1. The number of hydrazone groups is 1. The van der Waals surface area contributed by atoms with E-state index >= 15 is 0 Å². The predicted octanol–water partition coefficient (Wildman–Crippen LogP) is 3.42. The SMILES string of the molecule is S=C(N/N=C/c1ccco1)SCc1ccccc1. The molecular weight excluding hydrogens is 264 g/mol. The van der Waals surface area contributed by atoms with Gasteiger partial charge in [-0.25, -0.2) is 0 Å². The number of rotatable bonds is 4. The standard InChI is InChI=1S/C13H12N2OS2/c17-13(15-14-9-12-7-4-8-16-12)18-10-11-5-2-1-3-6-11/h1-9H,10H2,(H,15,17)/b14-9+. The molecule has 0 spiro atoms. The van der Waals surface area contributed by atoms with Crippen molar-refractivity contribution in [3.63, 3.8) is 0 Å². The van der Waals surface area contributed by atoms with Crippen LogP contribution >= 0.6 is 24.0 Å². The van der Waals surface area contributed by atoms with Gasteiger partial charge in [-0.2, -0.15) is 5.10 Å². The number of thioether (sulfide) groups is 1. The van der Waals surface area contributed by atoms with Crippen molar-refractivity contribution in [3.8, 4) is 0 Å². The Morgan fingerprint density at radius 2 is 2.11 bits per heavy atom. The zero-order valence-corrected chi connectivity index (χ0v) is 11.2. The van der Waals surface area contributed by atoms with Crippen molar-refractivity contribution in [1.82, 2.24) is 5.43 Å². The van der Waals surface area contributed by atoms with Crippen LogP contribution < -0.4 is 5.43 Å². The minimum absolute atomic E-state index is 0.640. The zero-order valence-electron chi connectivity index (χ0n) is 9.58. The molecule has 0 saturated carbocycles. The van der Waals surface area contributed by atoms with E-state index in [9.17, 15) is 0 Å². The van der Waals surface area contributed by atoms with E-state index in [0.29, 0.717) is 10.1 Å². The highest BCUT2D eigenvalue weighted by molar-refractivity contribution is 8.22. The van der Waals surface area contributed by atoms with Crippen LogP contribution in [-0.2, 0) is 5.75 Å². The summed E-state index contributed by atoms with van der Waals surface area (Å²) in [5.41, 5.74) is 4.03. The third-order valence-corrected chi connectivity index (χ3v) is 3.38. The summed E-state index contributed by atoms with van der Waals surface area (Å²) in [6.45, 7) is 0. The number of nitrogens with zero attached hydrogens (tertiary/aromatic N) is 1. The topological polar surface area (TPSA) is 37.5 Å². The first-order chi connectivity index (χ1) is 8.84. The summed E-state index contributed by atoms with van der Waals surface area (Å²) in [5.74, 6) is 1.53. The highest BCUT2D eigenvalue weighted by Gasteiger charge is 1.97. The average Bonchev–Trinajstić information content (AvgIpc) is 2.91. The van der Waals surface area contributed by atoms with E-state index in [1.54, 1.807) is 24.2 Å². The minimum Gasteiger partial charge on any atom is -0.463 e. The first-order valence-electron chi connectivity index (χ1n) is 5.38. The lowest BCUT2D eigenvalue weighted by Crippen LogP contribution is -2.11. The number of hydrogen-bond acceptors (Lipinski definition) is 4. The molecule has 2 aromatic rings. The van der Waals surface area contributed by atoms with Crippen LogP contribution in [0.1, 0.15) is 11.3 Å². The van der Waals surface area contributed by atoms with E-state index in [1.165, 1.54) is 5.56 Å². The van der Waals surface area contributed by atoms with Gasteiger partial charge in [0.15, 0.2) is 4.32 Å². The third-order valence-electron chi connectivity index (χ3n) is 2.10. The molecule has 2 rings (SSSR count). The van der Waals surface area contributed by atoms with Crippen LogP contribution in [0.4, 0.5) is 0 Å². The second kappa shape index (κ2) is 6.98. The van der Waals surface area contributed by atoms with E-state index in [-0.39, 0.29) is 0 Å². The Kier molecular flexibility index (Phi) is 4.99. The van der Waals surface area contributed by atoms with Crippen molar-refractivity contribution < 1.29 is 4.42 Å². The van der Waals surface area contributed by atoms with Crippen molar-refractivity contribution >= 4 is 34.5 Å². The molecular formula is C13H12N2OS2. The molecule has 1 N–H and O–H groups in total. The molecule has 0 unspecified atom stereocenters. The summed E-state index contributed by atoms with van der Waals surface area (Å²) in [7, 11) is 0. The van der Waals surface area contributed by atoms with E-state index in [0.717, 1.165) is 5.75 Å². The maximum atomic E-state index is 5.16. The van der Waals surface area contributed by atoms with Gasteiger partial charge in [-0.15, -0.1) is 0 Å². The highest BCUT2D eigenvalue weighted by atomic mass is 32.2. The summed E-state index contributed by atoms with van der Waals surface area (Å²) in [6.07, 6.45) is 3.19. The summed E-state index contributed by atoms with van der Waals surface area (Å²) in [6, 6.07) is 13.8. The maximum absolute atomic E-state index is 5.16. The second-order valence-corrected chi connectivity index (χ2v) is 5.10. The molecule has 0 radical (unpaired) electrons. The molecule has 3 nitrogen and oxygen atoms in total. The van der Waals surface area contributed by atoms with Crippen molar-refractivity contribution in [3.05, 3.63) is 60.1 Å². The Labute approximate surface area is 115 Å². The van der Waals surface area contributed by atoms with Crippen LogP contribution in [0.15, 0.2) is 58.2 Å². The Morgan fingerprint density at radius 1 is 1.28 bits per heavy atom. The van der Waals surface area contributed by atoms with Crippen molar-refractivity contribution in [2.75, 3.05) is 0 Å². The molecule has 0 aliphatic heterocycles. The van der Waals surface area contributed by atoms with E-state index in [1.807, 2.05) is 30.3 Å². The normalized spacial score (nSPS) is 10.7. The molecule has 0 bridgehead atoms.